The van der Waals surface area contributed by atoms with Crippen LogP contribution in [0.2, 0.25) is 0 Å². The minimum Gasteiger partial charge on any atom is -0.454 e. The quantitative estimate of drug-likeness (QED) is 0.596. The third-order valence-electron chi connectivity index (χ3n) is 4.41. The van der Waals surface area contributed by atoms with Crippen LogP contribution in [-0.4, -0.2) is 48.3 Å². The van der Waals surface area contributed by atoms with Crippen LogP contribution in [0.1, 0.15) is 27.6 Å². The lowest BCUT2D eigenvalue weighted by atomic mass is 10.1. The third kappa shape index (κ3) is 3.44. The molecule has 2 aromatic rings. The molecular formula is C20H18N2O5. The van der Waals surface area contributed by atoms with Crippen LogP contribution < -0.4 is 4.90 Å². The molecule has 0 saturated carbocycles. The summed E-state index contributed by atoms with van der Waals surface area (Å²) >= 11 is 0. The van der Waals surface area contributed by atoms with E-state index in [1.54, 1.807) is 43.4 Å². The van der Waals surface area contributed by atoms with Crippen molar-refractivity contribution in [2.24, 2.45) is 0 Å². The molecule has 1 aliphatic heterocycles. The first kappa shape index (κ1) is 18.3. The number of amides is 3. The van der Waals surface area contributed by atoms with Crippen LogP contribution in [0.3, 0.4) is 0 Å². The Balaban J connectivity index is 1.63. The van der Waals surface area contributed by atoms with Gasteiger partial charge in [-0.25, -0.2) is 4.79 Å². The molecule has 1 aliphatic rings. The van der Waals surface area contributed by atoms with Gasteiger partial charge in [-0.3, -0.25) is 19.3 Å². The van der Waals surface area contributed by atoms with Crippen molar-refractivity contribution in [3.05, 3.63) is 65.7 Å². The lowest BCUT2D eigenvalue weighted by Gasteiger charge is -2.22. The number of hydrogen-bond acceptors (Lipinski definition) is 5. The second kappa shape index (κ2) is 7.41. The van der Waals surface area contributed by atoms with Gasteiger partial charge in [0.2, 0.25) is 0 Å². The summed E-state index contributed by atoms with van der Waals surface area (Å²) in [5.41, 5.74) is 1.16. The van der Waals surface area contributed by atoms with E-state index in [9.17, 15) is 19.2 Å². The highest BCUT2D eigenvalue weighted by atomic mass is 16.5. The SMILES string of the molecule is C[C@@H](C(=O)OCC(=O)N(C)c1ccccc1)N1C(=O)c2ccccc2C1=O. The molecule has 0 spiro atoms. The average molecular weight is 366 g/mol. The molecule has 138 valence electrons. The maximum Gasteiger partial charge on any atom is 0.329 e. The predicted octanol–water partition coefficient (Wildman–Crippen LogP) is 1.88. The van der Waals surface area contributed by atoms with E-state index in [-0.39, 0.29) is 11.1 Å². The minimum atomic E-state index is -1.13. The van der Waals surface area contributed by atoms with Gasteiger partial charge < -0.3 is 9.64 Å². The van der Waals surface area contributed by atoms with E-state index in [1.165, 1.54) is 24.0 Å². The van der Waals surface area contributed by atoms with E-state index in [0.29, 0.717) is 5.69 Å². The van der Waals surface area contributed by atoms with Gasteiger partial charge in [0, 0.05) is 12.7 Å². The van der Waals surface area contributed by atoms with Crippen molar-refractivity contribution in [3.63, 3.8) is 0 Å². The predicted molar refractivity (Wildman–Crippen MR) is 97.2 cm³/mol. The molecule has 27 heavy (non-hydrogen) atoms. The fourth-order valence-corrected chi connectivity index (χ4v) is 2.81. The first-order valence-electron chi connectivity index (χ1n) is 8.37. The van der Waals surface area contributed by atoms with Crippen LogP contribution in [0.5, 0.6) is 0 Å². The Kier molecular flexibility index (Phi) is 5.03. The fourth-order valence-electron chi connectivity index (χ4n) is 2.81. The smallest absolute Gasteiger partial charge is 0.329 e. The maximum absolute atomic E-state index is 12.4. The highest BCUT2D eigenvalue weighted by Crippen LogP contribution is 2.24. The molecular weight excluding hydrogens is 348 g/mol. The van der Waals surface area contributed by atoms with Crippen LogP contribution in [-0.2, 0) is 14.3 Å². The van der Waals surface area contributed by atoms with Gasteiger partial charge in [-0.2, -0.15) is 0 Å². The number of nitrogens with zero attached hydrogens (tertiary/aromatic N) is 2. The Labute approximate surface area is 156 Å². The molecule has 2 aromatic carbocycles. The summed E-state index contributed by atoms with van der Waals surface area (Å²) in [6, 6.07) is 14.1. The zero-order chi connectivity index (χ0) is 19.6. The van der Waals surface area contributed by atoms with Gasteiger partial charge in [-0.15, -0.1) is 0 Å². The summed E-state index contributed by atoms with van der Waals surface area (Å²) in [5, 5.41) is 0. The van der Waals surface area contributed by atoms with Gasteiger partial charge in [0.15, 0.2) is 6.61 Å². The van der Waals surface area contributed by atoms with Crippen molar-refractivity contribution >= 4 is 29.4 Å². The lowest BCUT2D eigenvalue weighted by Crippen LogP contribution is -2.44. The van der Waals surface area contributed by atoms with E-state index in [1.807, 2.05) is 6.07 Å². The number of ether oxygens (including phenoxy) is 1. The molecule has 1 heterocycles. The summed E-state index contributed by atoms with van der Waals surface area (Å²) < 4.78 is 5.04. The number of carbonyl (C=O) groups excluding carboxylic acids is 4. The van der Waals surface area contributed by atoms with E-state index in [2.05, 4.69) is 0 Å². The Morgan fingerprint density at radius 1 is 0.963 bits per heavy atom. The van der Waals surface area contributed by atoms with Crippen molar-refractivity contribution in [2.45, 2.75) is 13.0 Å². The number of fused-ring (bicyclic) bond motifs is 1. The molecule has 1 atom stereocenters. The topological polar surface area (TPSA) is 84.0 Å². The van der Waals surface area contributed by atoms with Crippen molar-refractivity contribution in [1.82, 2.24) is 4.90 Å². The summed E-state index contributed by atoms with van der Waals surface area (Å²) in [7, 11) is 1.57. The molecule has 0 aromatic heterocycles. The number of anilines is 1. The van der Waals surface area contributed by atoms with Gasteiger partial charge >= 0.3 is 5.97 Å². The van der Waals surface area contributed by atoms with E-state index in [0.717, 1.165) is 4.90 Å². The number of benzene rings is 2. The molecule has 0 N–H and O–H groups in total. The molecule has 0 aliphatic carbocycles. The standard InChI is InChI=1S/C20H18N2O5/c1-13(22-18(24)15-10-6-7-11-16(15)19(22)25)20(26)27-12-17(23)21(2)14-8-4-3-5-9-14/h3-11,13H,12H2,1-2H3/t13-/m0/s1. The normalized spacial score (nSPS) is 13.9. The summed E-state index contributed by atoms with van der Waals surface area (Å²) in [6.45, 7) is 0.910. The highest BCUT2D eigenvalue weighted by molar-refractivity contribution is 6.22. The second-order valence-corrected chi connectivity index (χ2v) is 6.10. The minimum absolute atomic E-state index is 0.252. The van der Waals surface area contributed by atoms with Gasteiger partial charge in [0.05, 0.1) is 11.1 Å². The molecule has 0 radical (unpaired) electrons. The number of imide groups is 1. The van der Waals surface area contributed by atoms with Crippen LogP contribution in [0, 0.1) is 0 Å². The monoisotopic (exact) mass is 366 g/mol. The Bertz CT molecular complexity index is 875. The molecule has 0 fully saturated rings. The Morgan fingerprint density at radius 3 is 2.04 bits per heavy atom. The number of carbonyl (C=O) groups is 4. The average Bonchev–Trinajstić information content (AvgIpc) is 2.96. The van der Waals surface area contributed by atoms with Gasteiger partial charge in [0.1, 0.15) is 6.04 Å². The Morgan fingerprint density at radius 2 is 1.48 bits per heavy atom. The van der Waals surface area contributed by atoms with E-state index in [4.69, 9.17) is 4.74 Å². The molecule has 7 heteroatoms. The zero-order valence-corrected chi connectivity index (χ0v) is 14.9. The van der Waals surface area contributed by atoms with E-state index < -0.39 is 36.3 Å². The van der Waals surface area contributed by atoms with Crippen molar-refractivity contribution in [1.29, 1.82) is 0 Å². The van der Waals surface area contributed by atoms with Crippen LogP contribution in [0.4, 0.5) is 5.69 Å². The molecule has 0 bridgehead atoms. The summed E-state index contributed by atoms with van der Waals surface area (Å²) in [6.07, 6.45) is 0. The first-order valence-corrected chi connectivity index (χ1v) is 8.37. The fraction of sp³-hybridized carbons (Fsp3) is 0.200. The largest absolute Gasteiger partial charge is 0.454 e. The van der Waals surface area contributed by atoms with Crippen LogP contribution >= 0.6 is 0 Å². The van der Waals surface area contributed by atoms with Crippen molar-refractivity contribution in [2.75, 3.05) is 18.6 Å². The molecule has 3 rings (SSSR count). The molecule has 7 nitrogen and oxygen atoms in total. The number of hydrogen-bond donors (Lipinski definition) is 0. The second-order valence-electron chi connectivity index (χ2n) is 6.10. The lowest BCUT2D eigenvalue weighted by molar-refractivity contribution is -0.151. The van der Waals surface area contributed by atoms with Gasteiger partial charge in [-0.05, 0) is 31.2 Å². The van der Waals surface area contributed by atoms with Crippen LogP contribution in [0.25, 0.3) is 0 Å². The summed E-state index contributed by atoms with van der Waals surface area (Å²) in [5.74, 6) is -2.34. The number of likely N-dealkylation sites (N-methyl/N-ethyl adjacent to an activating group) is 1. The van der Waals surface area contributed by atoms with Gasteiger partial charge in [-0.1, -0.05) is 30.3 Å². The van der Waals surface area contributed by atoms with Gasteiger partial charge in [0.25, 0.3) is 17.7 Å². The van der Waals surface area contributed by atoms with Crippen molar-refractivity contribution in [3.8, 4) is 0 Å². The molecule has 3 amide bonds. The number of esters is 1. The summed E-state index contributed by atoms with van der Waals surface area (Å²) in [4.78, 5) is 51.5. The third-order valence-corrected chi connectivity index (χ3v) is 4.41. The molecule has 0 saturated heterocycles. The number of para-hydroxylation sites is 1. The first-order chi connectivity index (χ1) is 12.9. The highest BCUT2D eigenvalue weighted by Gasteiger charge is 2.41. The van der Waals surface area contributed by atoms with Crippen LogP contribution in [0.15, 0.2) is 54.6 Å². The Hall–Kier alpha value is -3.48. The maximum atomic E-state index is 12.4. The molecule has 0 unspecified atom stereocenters. The number of rotatable bonds is 5. The van der Waals surface area contributed by atoms with Crippen molar-refractivity contribution < 1.29 is 23.9 Å². The zero-order valence-electron chi connectivity index (χ0n) is 14.9. The van der Waals surface area contributed by atoms with E-state index >= 15 is 0 Å².